The van der Waals surface area contributed by atoms with Crippen LogP contribution in [0, 0.1) is 0 Å². The Kier molecular flexibility index (Phi) is 4.69. The Morgan fingerprint density at radius 1 is 1.38 bits per heavy atom. The molecule has 21 heavy (non-hydrogen) atoms. The molecule has 0 aliphatic carbocycles. The minimum Gasteiger partial charge on any atom is -0.348 e. The lowest BCUT2D eigenvalue weighted by Gasteiger charge is -2.27. The molecule has 0 spiro atoms. The van der Waals surface area contributed by atoms with Crippen LogP contribution in [-0.4, -0.2) is 41.6 Å². The maximum Gasteiger partial charge on any atom is 0.246 e. The third-order valence-corrected chi connectivity index (χ3v) is 3.93. The zero-order chi connectivity index (χ0) is 15.4. The van der Waals surface area contributed by atoms with Crippen LogP contribution in [0.25, 0.3) is 0 Å². The summed E-state index contributed by atoms with van der Waals surface area (Å²) in [6, 6.07) is 3.21. The quantitative estimate of drug-likeness (QED) is 0.753. The highest BCUT2D eigenvalue weighted by Crippen LogP contribution is 2.23. The lowest BCUT2D eigenvalue weighted by Crippen LogP contribution is -2.53. The molecule has 112 valence electrons. The summed E-state index contributed by atoms with van der Waals surface area (Å²) in [6.45, 7) is 1.10. The minimum absolute atomic E-state index is 0.0145. The summed E-state index contributed by atoms with van der Waals surface area (Å²) in [5.41, 5.74) is 0. The molecule has 1 saturated heterocycles. The molecule has 0 aromatic carbocycles. The number of amides is 4. The van der Waals surface area contributed by atoms with Gasteiger partial charge in [-0.15, -0.1) is 11.3 Å². The molecule has 8 heteroatoms. The van der Waals surface area contributed by atoms with Crippen molar-refractivity contribution in [2.24, 2.45) is 0 Å². The van der Waals surface area contributed by atoms with Crippen molar-refractivity contribution >= 4 is 35.0 Å². The van der Waals surface area contributed by atoms with Gasteiger partial charge in [-0.25, -0.2) is 0 Å². The van der Waals surface area contributed by atoms with Gasteiger partial charge in [0.05, 0.1) is 12.5 Å². The first-order valence-corrected chi connectivity index (χ1v) is 7.24. The van der Waals surface area contributed by atoms with Crippen LogP contribution in [0.15, 0.2) is 17.5 Å². The van der Waals surface area contributed by atoms with E-state index in [0.717, 1.165) is 4.88 Å². The summed E-state index contributed by atoms with van der Waals surface area (Å²) in [6.07, 6.45) is 0.0145. The molecule has 1 aliphatic rings. The molecule has 1 atom stereocenters. The Hall–Kier alpha value is -2.22. The normalized spacial score (nSPS) is 16.3. The molecule has 0 saturated carbocycles. The van der Waals surface area contributed by atoms with E-state index in [1.54, 1.807) is 0 Å². The van der Waals surface area contributed by atoms with E-state index in [1.165, 1.54) is 23.2 Å². The van der Waals surface area contributed by atoms with Gasteiger partial charge in [0.2, 0.25) is 23.6 Å². The summed E-state index contributed by atoms with van der Waals surface area (Å²) < 4.78 is 0. The second-order valence-corrected chi connectivity index (χ2v) is 5.67. The SMILES string of the molecule is CC(=O)NC(CC(=O)N1CC(=O)NC(=O)C1)c1cccs1. The summed E-state index contributed by atoms with van der Waals surface area (Å²) in [5.74, 6) is -1.57. The van der Waals surface area contributed by atoms with Gasteiger partial charge in [-0.05, 0) is 11.4 Å². The van der Waals surface area contributed by atoms with Gasteiger partial charge in [0.1, 0.15) is 13.1 Å². The molecule has 1 fully saturated rings. The van der Waals surface area contributed by atoms with Crippen LogP contribution in [-0.2, 0) is 19.2 Å². The molecule has 2 N–H and O–H groups in total. The van der Waals surface area contributed by atoms with E-state index in [9.17, 15) is 19.2 Å². The summed E-state index contributed by atoms with van der Waals surface area (Å²) in [4.78, 5) is 48.1. The standard InChI is InChI=1S/C13H15N3O4S/c1-8(17)14-9(10-3-2-4-21-10)5-13(20)16-6-11(18)15-12(19)7-16/h2-4,9H,5-7H2,1H3,(H,14,17)(H,15,18,19). The maximum absolute atomic E-state index is 12.2. The van der Waals surface area contributed by atoms with E-state index in [4.69, 9.17) is 0 Å². The molecule has 1 unspecified atom stereocenters. The molecule has 2 rings (SSSR count). The minimum atomic E-state index is -0.494. The van der Waals surface area contributed by atoms with Crippen molar-refractivity contribution < 1.29 is 19.2 Å². The van der Waals surface area contributed by atoms with Gasteiger partial charge in [-0.2, -0.15) is 0 Å². The van der Waals surface area contributed by atoms with Crippen molar-refractivity contribution in [1.82, 2.24) is 15.5 Å². The number of hydrogen-bond acceptors (Lipinski definition) is 5. The van der Waals surface area contributed by atoms with E-state index in [2.05, 4.69) is 10.6 Å². The predicted octanol–water partition coefficient (Wildman–Crippen LogP) is -0.200. The summed E-state index contributed by atoms with van der Waals surface area (Å²) in [5, 5.41) is 6.70. The van der Waals surface area contributed by atoms with Crippen LogP contribution < -0.4 is 10.6 Å². The Labute approximate surface area is 125 Å². The molecule has 2 heterocycles. The zero-order valence-corrected chi connectivity index (χ0v) is 12.2. The van der Waals surface area contributed by atoms with Crippen LogP contribution in [0.5, 0.6) is 0 Å². The molecule has 0 radical (unpaired) electrons. The second-order valence-electron chi connectivity index (χ2n) is 4.69. The lowest BCUT2D eigenvalue weighted by atomic mass is 10.1. The van der Waals surface area contributed by atoms with E-state index in [0.29, 0.717) is 0 Å². The fourth-order valence-corrected chi connectivity index (χ4v) is 2.85. The third-order valence-electron chi connectivity index (χ3n) is 2.94. The van der Waals surface area contributed by atoms with Crippen molar-refractivity contribution in [1.29, 1.82) is 0 Å². The fraction of sp³-hybridized carbons (Fsp3) is 0.385. The van der Waals surface area contributed by atoms with Crippen LogP contribution in [0.3, 0.4) is 0 Å². The van der Waals surface area contributed by atoms with Gasteiger partial charge in [0.15, 0.2) is 0 Å². The van der Waals surface area contributed by atoms with E-state index < -0.39 is 17.9 Å². The highest BCUT2D eigenvalue weighted by molar-refractivity contribution is 7.10. The highest BCUT2D eigenvalue weighted by atomic mass is 32.1. The predicted molar refractivity (Wildman–Crippen MR) is 75.2 cm³/mol. The van der Waals surface area contributed by atoms with Gasteiger partial charge in [-0.3, -0.25) is 24.5 Å². The average molecular weight is 309 g/mol. The number of hydrogen-bond donors (Lipinski definition) is 2. The van der Waals surface area contributed by atoms with Crippen LogP contribution in [0.2, 0.25) is 0 Å². The van der Waals surface area contributed by atoms with Gasteiger partial charge < -0.3 is 10.2 Å². The van der Waals surface area contributed by atoms with Gasteiger partial charge in [-0.1, -0.05) is 6.07 Å². The number of nitrogens with zero attached hydrogens (tertiary/aromatic N) is 1. The Morgan fingerprint density at radius 3 is 2.57 bits per heavy atom. The molecular weight excluding hydrogens is 294 g/mol. The topological polar surface area (TPSA) is 95.6 Å². The van der Waals surface area contributed by atoms with Crippen molar-refractivity contribution in [2.45, 2.75) is 19.4 Å². The Balaban J connectivity index is 2.05. The Morgan fingerprint density at radius 2 is 2.05 bits per heavy atom. The maximum atomic E-state index is 12.2. The van der Waals surface area contributed by atoms with E-state index >= 15 is 0 Å². The number of imide groups is 1. The number of nitrogens with one attached hydrogen (secondary N) is 2. The molecular formula is C13H15N3O4S. The average Bonchev–Trinajstić information content (AvgIpc) is 2.89. The molecule has 1 aromatic heterocycles. The first-order valence-electron chi connectivity index (χ1n) is 6.36. The molecule has 4 amide bonds. The van der Waals surface area contributed by atoms with E-state index in [-0.39, 0.29) is 31.3 Å². The first-order chi connectivity index (χ1) is 9.95. The van der Waals surface area contributed by atoms with Crippen LogP contribution in [0.1, 0.15) is 24.3 Å². The van der Waals surface area contributed by atoms with Crippen LogP contribution in [0.4, 0.5) is 0 Å². The third kappa shape index (κ3) is 4.12. The van der Waals surface area contributed by atoms with Gasteiger partial charge in [0.25, 0.3) is 0 Å². The first kappa shape index (κ1) is 15.2. The second kappa shape index (κ2) is 6.49. The number of carbonyl (C=O) groups is 4. The Bertz CT molecular complexity index is 554. The highest BCUT2D eigenvalue weighted by Gasteiger charge is 2.28. The van der Waals surface area contributed by atoms with Crippen molar-refractivity contribution in [2.75, 3.05) is 13.1 Å². The van der Waals surface area contributed by atoms with Crippen LogP contribution >= 0.6 is 11.3 Å². The monoisotopic (exact) mass is 309 g/mol. The fourth-order valence-electron chi connectivity index (χ4n) is 2.07. The van der Waals surface area contributed by atoms with Gasteiger partial charge >= 0.3 is 0 Å². The smallest absolute Gasteiger partial charge is 0.246 e. The summed E-state index contributed by atoms with van der Waals surface area (Å²) >= 11 is 1.43. The summed E-state index contributed by atoms with van der Waals surface area (Å²) in [7, 11) is 0. The van der Waals surface area contributed by atoms with Crippen molar-refractivity contribution in [3.63, 3.8) is 0 Å². The van der Waals surface area contributed by atoms with Crippen molar-refractivity contribution in [3.05, 3.63) is 22.4 Å². The largest absolute Gasteiger partial charge is 0.348 e. The zero-order valence-electron chi connectivity index (χ0n) is 11.4. The van der Waals surface area contributed by atoms with Gasteiger partial charge in [0, 0.05) is 11.8 Å². The number of carbonyl (C=O) groups excluding carboxylic acids is 4. The molecule has 1 aromatic rings. The molecule has 7 nitrogen and oxygen atoms in total. The number of thiophene rings is 1. The number of piperazine rings is 1. The molecule has 1 aliphatic heterocycles. The number of rotatable bonds is 4. The van der Waals surface area contributed by atoms with Crippen molar-refractivity contribution in [3.8, 4) is 0 Å². The lowest BCUT2D eigenvalue weighted by molar-refractivity contribution is -0.145. The molecule has 0 bridgehead atoms. The van der Waals surface area contributed by atoms with E-state index in [1.807, 2.05) is 17.5 Å².